The van der Waals surface area contributed by atoms with Crippen LogP contribution in [0.1, 0.15) is 27.0 Å². The van der Waals surface area contributed by atoms with Crippen LogP contribution < -0.4 is 98.9 Å². The van der Waals surface area contributed by atoms with Crippen molar-refractivity contribution >= 4 is 33.4 Å². The molecule has 35 heavy (non-hydrogen) atoms. The number of carbonyl (C=O) groups is 3. The third-order valence-corrected chi connectivity index (χ3v) is 5.62. The quantitative estimate of drug-likeness (QED) is 0.227. The molecular formula is C22H13Na3O9S. The standard InChI is InChI=1S/C22H16O9S.3Na/c1-11-8-13(10-16(20(11)24)22(27)28)19(12-6-7-17(23)15(9-12)21(25)26)14-4-2-3-5-18(14)32(29,30)31;;;/h2-10,24H,1H3,(H,25,26)(H,27,28)(H,29,30,31);;;/q;3*+1/p-3/b19-12+;;;. The molecule has 0 radical (unpaired) electrons. The molecule has 9 nitrogen and oxygen atoms in total. The second-order valence-corrected chi connectivity index (χ2v) is 8.15. The van der Waals surface area contributed by atoms with E-state index in [2.05, 4.69) is 0 Å². The van der Waals surface area contributed by atoms with Crippen LogP contribution in [0.4, 0.5) is 0 Å². The van der Waals surface area contributed by atoms with Gasteiger partial charge in [-0.3, -0.25) is 4.79 Å². The van der Waals surface area contributed by atoms with E-state index < -0.39 is 49.6 Å². The van der Waals surface area contributed by atoms with Crippen molar-refractivity contribution in [3.63, 3.8) is 0 Å². The van der Waals surface area contributed by atoms with E-state index in [0.717, 1.165) is 24.3 Å². The van der Waals surface area contributed by atoms with E-state index in [1.54, 1.807) is 0 Å². The number of aliphatic carboxylic acids is 1. The number of aryl methyl sites for hydroxylation is 1. The Balaban J connectivity index is 0.00000385. The van der Waals surface area contributed by atoms with Gasteiger partial charge in [0.2, 0.25) is 0 Å². The summed E-state index contributed by atoms with van der Waals surface area (Å²) in [5.41, 5.74) is -1.46. The molecule has 1 N–H and O–H groups in total. The van der Waals surface area contributed by atoms with Gasteiger partial charge in [0.25, 0.3) is 0 Å². The number of hydrogen-bond donors (Lipinski definition) is 1. The van der Waals surface area contributed by atoms with Crippen LogP contribution in [0.15, 0.2) is 70.7 Å². The molecule has 0 aromatic heterocycles. The van der Waals surface area contributed by atoms with Gasteiger partial charge in [0.05, 0.1) is 16.8 Å². The van der Waals surface area contributed by atoms with E-state index in [-0.39, 0.29) is 117 Å². The minimum Gasteiger partial charge on any atom is -0.744 e. The molecule has 0 bridgehead atoms. The van der Waals surface area contributed by atoms with Gasteiger partial charge in [0.1, 0.15) is 15.9 Å². The Hall–Kier alpha value is -1.02. The maximum atomic E-state index is 11.9. The molecule has 2 aromatic carbocycles. The third kappa shape index (κ3) is 7.50. The second kappa shape index (κ2) is 13.5. The Morgan fingerprint density at radius 2 is 1.51 bits per heavy atom. The van der Waals surface area contributed by atoms with Crippen LogP contribution in [0.2, 0.25) is 0 Å². The van der Waals surface area contributed by atoms with Crippen LogP contribution >= 0.6 is 0 Å². The predicted molar refractivity (Wildman–Crippen MR) is 105 cm³/mol. The molecular weight excluding hydrogens is 509 g/mol. The molecule has 3 rings (SSSR count). The van der Waals surface area contributed by atoms with Gasteiger partial charge in [-0.15, -0.1) is 0 Å². The first-order valence-electron chi connectivity index (χ1n) is 8.92. The van der Waals surface area contributed by atoms with Crippen molar-refractivity contribution in [2.75, 3.05) is 0 Å². The minimum absolute atomic E-state index is 0. The zero-order chi connectivity index (χ0) is 23.8. The predicted octanol–water partition coefficient (Wildman–Crippen LogP) is -9.40. The number of allylic oxidation sites excluding steroid dienone is 4. The molecule has 0 amide bonds. The van der Waals surface area contributed by atoms with Crippen LogP contribution in [0.25, 0.3) is 5.57 Å². The Kier molecular flexibility index (Phi) is 13.1. The van der Waals surface area contributed by atoms with Crippen molar-refractivity contribution in [1.29, 1.82) is 0 Å². The summed E-state index contributed by atoms with van der Waals surface area (Å²) in [5.74, 6) is -4.95. The largest absolute Gasteiger partial charge is 1.00 e. The molecule has 13 heteroatoms. The number of carboxylic acid groups (broad SMARTS) is 2. The molecule has 0 fully saturated rings. The van der Waals surface area contributed by atoms with Crippen LogP contribution in [0, 0.1) is 6.92 Å². The van der Waals surface area contributed by atoms with Crippen molar-refractivity contribution < 1.29 is 131 Å². The summed E-state index contributed by atoms with van der Waals surface area (Å²) in [4.78, 5) is 34.1. The SMILES string of the molecule is Cc1cc(/C(=C2/C=CC(=O)C(C(=O)[O-])=C2)c2ccccc2S(=O)(=O)[O-])cc(C(=O)[O-])c1O.[Na+].[Na+].[Na+]. The molecule has 0 saturated heterocycles. The summed E-state index contributed by atoms with van der Waals surface area (Å²) in [6, 6.07) is 7.32. The van der Waals surface area contributed by atoms with E-state index in [4.69, 9.17) is 0 Å². The Morgan fingerprint density at radius 1 is 0.914 bits per heavy atom. The average Bonchev–Trinajstić information content (AvgIpc) is 2.71. The van der Waals surface area contributed by atoms with Gasteiger partial charge < -0.3 is 29.5 Å². The van der Waals surface area contributed by atoms with Gasteiger partial charge in [-0.05, 0) is 59.5 Å². The number of aromatic carboxylic acids is 1. The fraction of sp³-hybridized carbons (Fsp3) is 0.0455. The fourth-order valence-corrected chi connectivity index (χ4v) is 3.98. The molecule has 0 saturated carbocycles. The first-order chi connectivity index (χ1) is 14.9. The van der Waals surface area contributed by atoms with Gasteiger partial charge >= 0.3 is 88.7 Å². The van der Waals surface area contributed by atoms with E-state index in [0.29, 0.717) is 0 Å². The van der Waals surface area contributed by atoms with Crippen LogP contribution in [-0.2, 0) is 19.7 Å². The first-order valence-corrected chi connectivity index (χ1v) is 10.3. The normalized spacial score (nSPS) is 14.0. The molecule has 0 atom stereocenters. The maximum Gasteiger partial charge on any atom is 1.00 e. The van der Waals surface area contributed by atoms with E-state index in [9.17, 15) is 42.7 Å². The Labute approximate surface area is 267 Å². The van der Waals surface area contributed by atoms with Crippen molar-refractivity contribution in [2.45, 2.75) is 11.8 Å². The third-order valence-electron chi connectivity index (χ3n) is 4.72. The van der Waals surface area contributed by atoms with Crippen LogP contribution in [-0.4, -0.2) is 35.8 Å². The van der Waals surface area contributed by atoms with E-state index in [1.807, 2.05) is 0 Å². The minimum atomic E-state index is -5.01. The molecule has 1 aliphatic rings. The van der Waals surface area contributed by atoms with Gasteiger partial charge in [-0.2, -0.15) is 0 Å². The molecule has 0 heterocycles. The topological polar surface area (TPSA) is 175 Å². The smallest absolute Gasteiger partial charge is 0.744 e. The zero-order valence-corrected chi connectivity index (χ0v) is 26.1. The van der Waals surface area contributed by atoms with Gasteiger partial charge in [-0.1, -0.05) is 24.3 Å². The number of aromatic hydroxyl groups is 1. The van der Waals surface area contributed by atoms with Crippen LogP contribution in [0.3, 0.4) is 0 Å². The molecule has 0 spiro atoms. The zero-order valence-electron chi connectivity index (χ0n) is 19.3. The summed E-state index contributed by atoms with van der Waals surface area (Å²) >= 11 is 0. The van der Waals surface area contributed by atoms with Crippen molar-refractivity contribution in [3.05, 3.63) is 88.0 Å². The number of hydrogen-bond acceptors (Lipinski definition) is 9. The second-order valence-electron chi connectivity index (χ2n) is 6.80. The van der Waals surface area contributed by atoms with Gasteiger partial charge in [0.15, 0.2) is 5.78 Å². The summed E-state index contributed by atoms with van der Waals surface area (Å²) < 4.78 is 35.6. The van der Waals surface area contributed by atoms with E-state index >= 15 is 0 Å². The monoisotopic (exact) mass is 522 g/mol. The van der Waals surface area contributed by atoms with Gasteiger partial charge in [-0.25, -0.2) is 8.42 Å². The molecule has 0 unspecified atom stereocenters. The summed E-state index contributed by atoms with van der Waals surface area (Å²) in [6.45, 7) is 1.38. The number of phenols is 1. The summed E-state index contributed by atoms with van der Waals surface area (Å²) in [5, 5.41) is 32.9. The summed E-state index contributed by atoms with van der Waals surface area (Å²) in [6.07, 6.45) is 3.04. The maximum absolute atomic E-state index is 11.9. The number of benzene rings is 2. The number of carboxylic acids is 2. The summed E-state index contributed by atoms with van der Waals surface area (Å²) in [7, 11) is -5.01. The van der Waals surface area contributed by atoms with Crippen LogP contribution in [0.5, 0.6) is 5.75 Å². The molecule has 0 aliphatic heterocycles. The van der Waals surface area contributed by atoms with E-state index in [1.165, 1.54) is 37.3 Å². The average molecular weight is 522 g/mol. The van der Waals surface area contributed by atoms with Crippen molar-refractivity contribution in [1.82, 2.24) is 0 Å². The van der Waals surface area contributed by atoms with Gasteiger partial charge in [0, 0.05) is 16.7 Å². The Bertz CT molecular complexity index is 1390. The molecule has 2 aromatic rings. The number of ketones is 1. The van der Waals surface area contributed by atoms with Crippen molar-refractivity contribution in [2.24, 2.45) is 0 Å². The molecule has 164 valence electrons. The molecule has 1 aliphatic carbocycles. The fourth-order valence-electron chi connectivity index (χ4n) is 3.29. The van der Waals surface area contributed by atoms with Crippen molar-refractivity contribution in [3.8, 4) is 5.75 Å². The number of rotatable bonds is 5. The first kappa shape index (κ1) is 34.0. The Morgan fingerprint density at radius 3 is 2.06 bits per heavy atom. The number of carbonyl (C=O) groups excluding carboxylic acids is 3.